The summed E-state index contributed by atoms with van der Waals surface area (Å²) in [7, 11) is 0. The van der Waals surface area contributed by atoms with E-state index in [1.165, 1.54) is 0 Å². The van der Waals surface area contributed by atoms with Crippen LogP contribution >= 0.6 is 0 Å². The van der Waals surface area contributed by atoms with Crippen LogP contribution in [-0.4, -0.2) is 30.9 Å². The quantitative estimate of drug-likeness (QED) is 0.519. The molecule has 0 saturated carbocycles. The van der Waals surface area contributed by atoms with Gasteiger partial charge in [0, 0.05) is 13.0 Å². The van der Waals surface area contributed by atoms with Crippen molar-refractivity contribution in [1.82, 2.24) is 10.6 Å². The molecule has 0 bridgehead atoms. The molecule has 0 aromatic heterocycles. The Bertz CT molecular complexity index is 281. The molecule has 0 aliphatic rings. The molecule has 0 spiro atoms. The molecular formula is C11H19N3O2. The minimum absolute atomic E-state index is 0.0657. The van der Waals surface area contributed by atoms with E-state index in [0.717, 1.165) is 0 Å². The maximum absolute atomic E-state index is 11.3. The van der Waals surface area contributed by atoms with Crippen molar-refractivity contribution in [2.45, 2.75) is 26.3 Å². The summed E-state index contributed by atoms with van der Waals surface area (Å²) in [5.74, 6) is 2.04. The maximum Gasteiger partial charge on any atom is 0.239 e. The fourth-order valence-corrected chi connectivity index (χ4v) is 0.899. The highest BCUT2D eigenvalue weighted by atomic mass is 16.2. The third-order valence-corrected chi connectivity index (χ3v) is 1.81. The number of nitrogens with one attached hydrogen (secondary N) is 2. The predicted molar refractivity (Wildman–Crippen MR) is 62.3 cm³/mol. The van der Waals surface area contributed by atoms with Crippen molar-refractivity contribution in [3.63, 3.8) is 0 Å². The van der Waals surface area contributed by atoms with E-state index >= 15 is 0 Å². The molecule has 0 radical (unpaired) electrons. The summed E-state index contributed by atoms with van der Waals surface area (Å²) in [6.07, 6.45) is 5.18. The van der Waals surface area contributed by atoms with Gasteiger partial charge in [0.25, 0.3) is 0 Å². The lowest BCUT2D eigenvalue weighted by Crippen LogP contribution is -2.45. The SMILES string of the molecule is C#CCC(N)C(=O)NCC(=O)NCC(C)C. The normalized spacial score (nSPS) is 11.7. The molecule has 0 aliphatic heterocycles. The Morgan fingerprint density at radius 3 is 2.50 bits per heavy atom. The molecule has 2 amide bonds. The van der Waals surface area contributed by atoms with Crippen LogP contribution < -0.4 is 16.4 Å². The van der Waals surface area contributed by atoms with Crippen LogP contribution in [0.15, 0.2) is 0 Å². The van der Waals surface area contributed by atoms with Crippen LogP contribution in [0, 0.1) is 18.3 Å². The Morgan fingerprint density at radius 1 is 1.38 bits per heavy atom. The Morgan fingerprint density at radius 2 is 2.00 bits per heavy atom. The van der Waals surface area contributed by atoms with Gasteiger partial charge in [-0.15, -0.1) is 12.3 Å². The molecule has 0 saturated heterocycles. The Hall–Kier alpha value is -1.54. The van der Waals surface area contributed by atoms with Crippen molar-refractivity contribution in [2.24, 2.45) is 11.7 Å². The first kappa shape index (κ1) is 14.5. The minimum Gasteiger partial charge on any atom is -0.354 e. The van der Waals surface area contributed by atoms with Gasteiger partial charge in [-0.1, -0.05) is 13.8 Å². The molecule has 5 heteroatoms. The van der Waals surface area contributed by atoms with E-state index in [1.54, 1.807) is 0 Å². The highest BCUT2D eigenvalue weighted by molar-refractivity contribution is 5.87. The standard InChI is InChI=1S/C11H19N3O2/c1-4-5-9(12)11(16)14-7-10(15)13-6-8(2)3/h1,8-9H,5-7,12H2,2-3H3,(H,13,15)(H,14,16). The van der Waals surface area contributed by atoms with Gasteiger partial charge in [-0.3, -0.25) is 9.59 Å². The van der Waals surface area contributed by atoms with E-state index in [1.807, 2.05) is 13.8 Å². The number of terminal acetylenes is 1. The van der Waals surface area contributed by atoms with Gasteiger partial charge in [0.1, 0.15) is 0 Å². The van der Waals surface area contributed by atoms with E-state index in [4.69, 9.17) is 12.2 Å². The molecular weight excluding hydrogens is 206 g/mol. The summed E-state index contributed by atoms with van der Waals surface area (Å²) in [5, 5.41) is 5.09. The summed E-state index contributed by atoms with van der Waals surface area (Å²) < 4.78 is 0. The zero-order valence-corrected chi connectivity index (χ0v) is 9.75. The first-order valence-corrected chi connectivity index (χ1v) is 5.20. The fourth-order valence-electron chi connectivity index (χ4n) is 0.899. The molecule has 0 aromatic rings. The monoisotopic (exact) mass is 225 g/mol. The van der Waals surface area contributed by atoms with Crippen LogP contribution in [0.1, 0.15) is 20.3 Å². The van der Waals surface area contributed by atoms with Gasteiger partial charge in [-0.2, -0.15) is 0 Å². The van der Waals surface area contributed by atoms with Crippen LogP contribution in [0.3, 0.4) is 0 Å². The zero-order valence-electron chi connectivity index (χ0n) is 9.75. The second kappa shape index (κ2) is 7.71. The van der Waals surface area contributed by atoms with Gasteiger partial charge in [0.15, 0.2) is 0 Å². The number of carbonyl (C=O) groups excluding carboxylic acids is 2. The highest BCUT2D eigenvalue weighted by Gasteiger charge is 2.12. The zero-order chi connectivity index (χ0) is 12.6. The molecule has 0 heterocycles. The van der Waals surface area contributed by atoms with Gasteiger partial charge in [0.05, 0.1) is 12.6 Å². The molecule has 0 aromatic carbocycles. The lowest BCUT2D eigenvalue weighted by Gasteiger charge is -2.10. The van der Waals surface area contributed by atoms with Crippen LogP contribution in [0.4, 0.5) is 0 Å². The number of carbonyl (C=O) groups is 2. The third-order valence-electron chi connectivity index (χ3n) is 1.81. The molecule has 1 atom stereocenters. The molecule has 0 aliphatic carbocycles. The van der Waals surface area contributed by atoms with Crippen molar-refractivity contribution >= 4 is 11.8 Å². The van der Waals surface area contributed by atoms with E-state index in [0.29, 0.717) is 12.5 Å². The molecule has 1 unspecified atom stereocenters. The van der Waals surface area contributed by atoms with Crippen LogP contribution in [-0.2, 0) is 9.59 Å². The van der Waals surface area contributed by atoms with E-state index < -0.39 is 11.9 Å². The lowest BCUT2D eigenvalue weighted by molar-refractivity contribution is -0.126. The molecule has 90 valence electrons. The molecule has 0 fully saturated rings. The van der Waals surface area contributed by atoms with E-state index in [2.05, 4.69) is 16.6 Å². The Kier molecular flexibility index (Phi) is 6.97. The average Bonchev–Trinajstić information content (AvgIpc) is 2.23. The highest BCUT2D eigenvalue weighted by Crippen LogP contribution is 1.87. The van der Waals surface area contributed by atoms with Gasteiger partial charge >= 0.3 is 0 Å². The smallest absolute Gasteiger partial charge is 0.239 e. The number of rotatable bonds is 6. The second-order valence-corrected chi connectivity index (χ2v) is 3.93. The average molecular weight is 225 g/mol. The molecule has 4 N–H and O–H groups in total. The number of amides is 2. The fraction of sp³-hybridized carbons (Fsp3) is 0.636. The van der Waals surface area contributed by atoms with Crippen LogP contribution in [0.25, 0.3) is 0 Å². The topological polar surface area (TPSA) is 84.2 Å². The molecule has 0 rings (SSSR count). The number of nitrogens with two attached hydrogens (primary N) is 1. The number of hydrogen-bond acceptors (Lipinski definition) is 3. The van der Waals surface area contributed by atoms with Gasteiger partial charge in [-0.25, -0.2) is 0 Å². The number of hydrogen-bond donors (Lipinski definition) is 3. The largest absolute Gasteiger partial charge is 0.354 e. The van der Waals surface area contributed by atoms with Crippen molar-refractivity contribution in [1.29, 1.82) is 0 Å². The summed E-state index contributed by atoms with van der Waals surface area (Å²) in [4.78, 5) is 22.5. The van der Waals surface area contributed by atoms with Crippen molar-refractivity contribution in [3.8, 4) is 12.3 Å². The maximum atomic E-state index is 11.3. The first-order valence-electron chi connectivity index (χ1n) is 5.20. The van der Waals surface area contributed by atoms with E-state index in [-0.39, 0.29) is 18.9 Å². The summed E-state index contributed by atoms with van der Waals surface area (Å²) in [6, 6.07) is -0.747. The predicted octanol–water partition coefficient (Wildman–Crippen LogP) is -0.775. The summed E-state index contributed by atoms with van der Waals surface area (Å²) in [6.45, 7) is 4.50. The Balaban J connectivity index is 3.75. The van der Waals surface area contributed by atoms with Gasteiger partial charge < -0.3 is 16.4 Å². The van der Waals surface area contributed by atoms with Crippen LogP contribution in [0.5, 0.6) is 0 Å². The van der Waals surface area contributed by atoms with Gasteiger partial charge in [0.2, 0.25) is 11.8 Å². The Labute approximate surface area is 96.2 Å². The summed E-state index contributed by atoms with van der Waals surface area (Å²) >= 11 is 0. The van der Waals surface area contributed by atoms with Crippen molar-refractivity contribution in [2.75, 3.05) is 13.1 Å². The first-order chi connectivity index (χ1) is 7.47. The minimum atomic E-state index is -0.747. The lowest BCUT2D eigenvalue weighted by atomic mass is 10.2. The van der Waals surface area contributed by atoms with Gasteiger partial charge in [-0.05, 0) is 5.92 Å². The molecule has 16 heavy (non-hydrogen) atoms. The summed E-state index contributed by atoms with van der Waals surface area (Å²) in [5.41, 5.74) is 5.45. The third kappa shape index (κ3) is 6.85. The van der Waals surface area contributed by atoms with Crippen molar-refractivity contribution < 1.29 is 9.59 Å². The van der Waals surface area contributed by atoms with Crippen LogP contribution in [0.2, 0.25) is 0 Å². The second-order valence-electron chi connectivity index (χ2n) is 3.93. The van der Waals surface area contributed by atoms with E-state index in [9.17, 15) is 9.59 Å². The van der Waals surface area contributed by atoms with Crippen molar-refractivity contribution in [3.05, 3.63) is 0 Å². The molecule has 5 nitrogen and oxygen atoms in total.